The maximum absolute atomic E-state index is 11.8. The fourth-order valence-electron chi connectivity index (χ4n) is 2.32. The number of aromatic amines is 1. The SMILES string of the molecule is COc1cccc(C)c1N=C1NC(=O)CS1=Cc1ccc(=O)[nH]c1. The molecule has 0 bridgehead atoms. The molecule has 6 nitrogen and oxygen atoms in total. The zero-order valence-electron chi connectivity index (χ0n) is 13.3. The number of aromatic nitrogens is 1. The average molecular weight is 343 g/mol. The molecule has 0 spiro atoms. The highest BCUT2D eigenvalue weighted by Crippen LogP contribution is 2.33. The first-order valence-corrected chi connectivity index (χ1v) is 8.78. The van der Waals surface area contributed by atoms with E-state index < -0.39 is 10.5 Å². The van der Waals surface area contributed by atoms with Gasteiger partial charge in [-0.25, -0.2) is 4.99 Å². The number of pyridine rings is 1. The number of ether oxygens (including phenoxy) is 1. The highest BCUT2D eigenvalue weighted by molar-refractivity contribution is 8.29. The van der Waals surface area contributed by atoms with Crippen molar-refractivity contribution in [3.63, 3.8) is 0 Å². The number of carbonyl (C=O) groups is 1. The van der Waals surface area contributed by atoms with E-state index in [2.05, 4.69) is 15.3 Å². The molecule has 1 aliphatic rings. The molecular formula is C17H17N3O3S. The Kier molecular flexibility index (Phi) is 4.61. The molecule has 1 aromatic heterocycles. The molecule has 0 aliphatic carbocycles. The summed E-state index contributed by atoms with van der Waals surface area (Å²) in [5.41, 5.74) is 2.37. The summed E-state index contributed by atoms with van der Waals surface area (Å²) in [5.74, 6) is 0.952. The summed E-state index contributed by atoms with van der Waals surface area (Å²) in [6, 6.07) is 8.87. The first kappa shape index (κ1) is 16.2. The van der Waals surface area contributed by atoms with Crippen molar-refractivity contribution in [2.75, 3.05) is 12.9 Å². The van der Waals surface area contributed by atoms with Crippen LogP contribution < -0.4 is 15.6 Å². The van der Waals surface area contributed by atoms with Gasteiger partial charge in [0.1, 0.15) is 11.4 Å². The van der Waals surface area contributed by atoms with Crippen LogP contribution in [-0.2, 0) is 4.79 Å². The number of methoxy groups -OCH3 is 1. The number of carbonyl (C=O) groups excluding carboxylic acids is 1. The van der Waals surface area contributed by atoms with Crippen molar-refractivity contribution in [2.45, 2.75) is 6.92 Å². The standard InChI is InChI=1S/C17H17N3O3S/c1-11-4-3-5-13(23-2)16(11)20-17-19-15(22)10-24(17)9-12-6-7-14(21)18-8-12/h3-9H,10H2,1-2H3,(H,18,21)(H,19,20,22). The Hall–Kier alpha value is -2.67. The van der Waals surface area contributed by atoms with E-state index in [1.807, 2.05) is 30.5 Å². The number of aliphatic imine (C=N–C) groups is 1. The van der Waals surface area contributed by atoms with Crippen LogP contribution in [0.4, 0.5) is 5.69 Å². The molecule has 1 amide bonds. The van der Waals surface area contributed by atoms with Gasteiger partial charge in [0.15, 0.2) is 5.17 Å². The van der Waals surface area contributed by atoms with Crippen LogP contribution in [0.2, 0.25) is 0 Å². The van der Waals surface area contributed by atoms with Gasteiger partial charge in [0.2, 0.25) is 11.5 Å². The Bertz CT molecular complexity index is 895. The number of H-pyrrole nitrogens is 1. The van der Waals surface area contributed by atoms with E-state index in [1.165, 1.54) is 6.07 Å². The Labute approximate surface area is 141 Å². The Morgan fingerprint density at radius 2 is 2.08 bits per heavy atom. The zero-order chi connectivity index (χ0) is 17.1. The van der Waals surface area contributed by atoms with Crippen molar-refractivity contribution in [1.82, 2.24) is 10.3 Å². The van der Waals surface area contributed by atoms with E-state index in [-0.39, 0.29) is 11.5 Å². The number of para-hydroxylation sites is 1. The fraction of sp³-hybridized carbons (Fsp3) is 0.176. The molecule has 0 saturated carbocycles. The Morgan fingerprint density at radius 1 is 1.25 bits per heavy atom. The van der Waals surface area contributed by atoms with Gasteiger partial charge in [0, 0.05) is 12.3 Å². The molecule has 0 radical (unpaired) electrons. The van der Waals surface area contributed by atoms with E-state index in [9.17, 15) is 9.59 Å². The second-order valence-electron chi connectivity index (χ2n) is 5.27. The van der Waals surface area contributed by atoms with Gasteiger partial charge in [-0.2, -0.15) is 0 Å². The first-order chi connectivity index (χ1) is 11.6. The number of aryl methyl sites for hydroxylation is 1. The third-order valence-corrected chi connectivity index (χ3v) is 5.32. The molecular weight excluding hydrogens is 326 g/mol. The van der Waals surface area contributed by atoms with E-state index in [4.69, 9.17) is 4.74 Å². The van der Waals surface area contributed by atoms with Gasteiger partial charge in [0.25, 0.3) is 0 Å². The third-order valence-electron chi connectivity index (χ3n) is 3.50. The number of benzene rings is 1. The molecule has 1 atom stereocenters. The molecule has 3 rings (SSSR count). The summed E-state index contributed by atoms with van der Waals surface area (Å²) < 4.78 is 5.36. The molecule has 7 heteroatoms. The number of rotatable bonds is 3. The van der Waals surface area contributed by atoms with Gasteiger partial charge in [-0.05, 0) is 35.6 Å². The molecule has 1 aliphatic heterocycles. The van der Waals surface area contributed by atoms with Crippen LogP contribution in [0.15, 0.2) is 46.3 Å². The number of amides is 1. The van der Waals surface area contributed by atoms with E-state index in [0.29, 0.717) is 22.4 Å². The monoisotopic (exact) mass is 343 g/mol. The minimum absolute atomic E-state index is 0.0645. The van der Waals surface area contributed by atoms with Gasteiger partial charge < -0.3 is 15.0 Å². The number of hydrogen-bond donors (Lipinski definition) is 2. The van der Waals surface area contributed by atoms with Gasteiger partial charge in [-0.1, -0.05) is 12.1 Å². The summed E-state index contributed by atoms with van der Waals surface area (Å²) in [4.78, 5) is 30.3. The minimum atomic E-state index is -0.485. The molecule has 2 N–H and O–H groups in total. The molecule has 2 heterocycles. The predicted molar refractivity (Wildman–Crippen MR) is 97.7 cm³/mol. The van der Waals surface area contributed by atoms with Crippen LogP contribution in [0.5, 0.6) is 5.75 Å². The molecule has 24 heavy (non-hydrogen) atoms. The van der Waals surface area contributed by atoms with Crippen molar-refractivity contribution >= 4 is 32.6 Å². The van der Waals surface area contributed by atoms with E-state index in [0.717, 1.165) is 11.1 Å². The number of hydrogen-bond acceptors (Lipinski definition) is 4. The first-order valence-electron chi connectivity index (χ1n) is 7.32. The Morgan fingerprint density at radius 3 is 2.79 bits per heavy atom. The topological polar surface area (TPSA) is 83.5 Å². The normalized spacial score (nSPS) is 18.8. The van der Waals surface area contributed by atoms with Gasteiger partial charge in [0.05, 0.1) is 12.9 Å². The van der Waals surface area contributed by atoms with Gasteiger partial charge in [-0.3, -0.25) is 9.59 Å². The summed E-state index contributed by atoms with van der Waals surface area (Å²) in [5, 5.41) is 5.38. The summed E-state index contributed by atoms with van der Waals surface area (Å²) in [6.07, 6.45) is 1.63. The number of amidine groups is 1. The van der Waals surface area contributed by atoms with Gasteiger partial charge >= 0.3 is 0 Å². The fourth-order valence-corrected chi connectivity index (χ4v) is 3.93. The highest BCUT2D eigenvalue weighted by atomic mass is 32.2. The van der Waals surface area contributed by atoms with Crippen LogP contribution in [0, 0.1) is 6.92 Å². The average Bonchev–Trinajstić information content (AvgIpc) is 2.91. The van der Waals surface area contributed by atoms with Gasteiger partial charge in [-0.15, -0.1) is 10.5 Å². The zero-order valence-corrected chi connectivity index (χ0v) is 14.1. The molecule has 1 saturated heterocycles. The van der Waals surface area contributed by atoms with E-state index >= 15 is 0 Å². The molecule has 124 valence electrons. The number of nitrogens with one attached hydrogen (secondary N) is 2. The lowest BCUT2D eigenvalue weighted by Crippen LogP contribution is -2.20. The number of nitrogens with zero attached hydrogens (tertiary/aromatic N) is 1. The summed E-state index contributed by atoms with van der Waals surface area (Å²) in [6.45, 7) is 1.95. The van der Waals surface area contributed by atoms with Crippen LogP contribution in [0.3, 0.4) is 0 Å². The smallest absolute Gasteiger partial charge is 0.247 e. The van der Waals surface area contributed by atoms with Crippen molar-refractivity contribution in [2.24, 2.45) is 4.99 Å². The summed E-state index contributed by atoms with van der Waals surface area (Å²) in [7, 11) is 1.11. The molecule has 1 fully saturated rings. The highest BCUT2D eigenvalue weighted by Gasteiger charge is 2.22. The second-order valence-corrected chi connectivity index (χ2v) is 7.04. The lowest BCUT2D eigenvalue weighted by Gasteiger charge is -2.09. The predicted octanol–water partition coefficient (Wildman–Crippen LogP) is 1.93. The summed E-state index contributed by atoms with van der Waals surface area (Å²) >= 11 is 0. The maximum Gasteiger partial charge on any atom is 0.247 e. The quantitative estimate of drug-likeness (QED) is 0.835. The van der Waals surface area contributed by atoms with Crippen molar-refractivity contribution in [3.8, 4) is 5.75 Å². The van der Waals surface area contributed by atoms with Crippen LogP contribution in [-0.4, -0.2) is 34.3 Å². The molecule has 2 aromatic rings. The largest absolute Gasteiger partial charge is 0.494 e. The van der Waals surface area contributed by atoms with Crippen LogP contribution >= 0.6 is 10.5 Å². The van der Waals surface area contributed by atoms with Crippen molar-refractivity contribution < 1.29 is 9.53 Å². The third kappa shape index (κ3) is 3.46. The lowest BCUT2D eigenvalue weighted by molar-refractivity contribution is -0.116. The molecule has 1 aromatic carbocycles. The molecule has 1 unspecified atom stereocenters. The maximum atomic E-state index is 11.8. The second kappa shape index (κ2) is 6.84. The Balaban J connectivity index is 2.04. The van der Waals surface area contributed by atoms with Crippen molar-refractivity contribution in [3.05, 3.63) is 58.0 Å². The van der Waals surface area contributed by atoms with Crippen LogP contribution in [0.1, 0.15) is 11.1 Å². The minimum Gasteiger partial charge on any atom is -0.494 e. The lowest BCUT2D eigenvalue weighted by atomic mass is 10.2. The van der Waals surface area contributed by atoms with E-state index in [1.54, 1.807) is 19.4 Å². The van der Waals surface area contributed by atoms with Crippen LogP contribution in [0.25, 0.3) is 0 Å². The van der Waals surface area contributed by atoms with Crippen molar-refractivity contribution in [1.29, 1.82) is 0 Å².